The Kier molecular flexibility index (Phi) is 6.82. The van der Waals surface area contributed by atoms with Crippen LogP contribution in [0.25, 0.3) is 17.0 Å². The molecule has 0 aliphatic rings. The molecule has 2 aromatic heterocycles. The van der Waals surface area contributed by atoms with Gasteiger partial charge in [-0.3, -0.25) is 14.8 Å². The Morgan fingerprint density at radius 2 is 2.00 bits per heavy atom. The molecule has 0 spiro atoms. The average molecular weight is 434 g/mol. The number of ether oxygens (including phenoxy) is 1. The van der Waals surface area contributed by atoms with Crippen LogP contribution in [-0.2, 0) is 11.3 Å². The lowest BCUT2D eigenvalue weighted by atomic mass is 10.0. The van der Waals surface area contributed by atoms with Crippen LogP contribution in [0.1, 0.15) is 43.4 Å². The van der Waals surface area contributed by atoms with Crippen LogP contribution in [-0.4, -0.2) is 41.2 Å². The topological polar surface area (TPSA) is 67.9 Å². The lowest BCUT2D eigenvalue weighted by Gasteiger charge is -2.27. The summed E-state index contributed by atoms with van der Waals surface area (Å²) in [5, 5.41) is 1.07. The van der Waals surface area contributed by atoms with Crippen molar-refractivity contribution in [3.8, 4) is 5.75 Å². The predicted octanol–water partition coefficient (Wildman–Crippen LogP) is 5.36. The highest BCUT2D eigenvalue weighted by Crippen LogP contribution is 2.26. The lowest BCUT2D eigenvalue weighted by molar-refractivity contribution is -0.125. The molecule has 1 amide bonds. The Morgan fingerprint density at radius 3 is 2.69 bits per heavy atom. The first-order valence-corrected chi connectivity index (χ1v) is 10.6. The molecule has 0 saturated carbocycles. The van der Waals surface area contributed by atoms with Gasteiger partial charge in [0.15, 0.2) is 0 Å². The second kappa shape index (κ2) is 9.39. The number of hydrogen-bond acceptors (Lipinski definition) is 5. The summed E-state index contributed by atoms with van der Waals surface area (Å²) < 4.78 is 12.1. The van der Waals surface area contributed by atoms with E-state index in [2.05, 4.69) is 9.98 Å². The molecule has 0 aliphatic heterocycles. The van der Waals surface area contributed by atoms with Gasteiger partial charge in [0.05, 0.1) is 18.0 Å². The summed E-state index contributed by atoms with van der Waals surface area (Å²) in [7, 11) is 3.51. The van der Waals surface area contributed by atoms with Crippen LogP contribution in [0.15, 0.2) is 52.0 Å². The number of nitrogens with zero attached hydrogens (tertiary/aromatic N) is 3. The zero-order valence-corrected chi connectivity index (χ0v) is 19.9. The third-order valence-electron chi connectivity index (χ3n) is 5.75. The fraction of sp³-hybridized carbons (Fsp3) is 0.346. The van der Waals surface area contributed by atoms with E-state index >= 15 is 0 Å². The Hall–Kier alpha value is -3.41. The highest BCUT2D eigenvalue weighted by Gasteiger charge is 2.24. The minimum atomic E-state index is -0.552. The van der Waals surface area contributed by atoms with Gasteiger partial charge in [-0.15, -0.1) is 0 Å². The van der Waals surface area contributed by atoms with Crippen molar-refractivity contribution >= 4 is 28.7 Å². The van der Waals surface area contributed by atoms with Gasteiger partial charge in [-0.2, -0.15) is 0 Å². The number of aryl methyl sites for hydroxylation is 2. The number of rotatable bonds is 7. The molecule has 32 heavy (non-hydrogen) atoms. The van der Waals surface area contributed by atoms with Gasteiger partial charge < -0.3 is 14.1 Å². The van der Waals surface area contributed by atoms with E-state index in [-0.39, 0.29) is 5.91 Å². The van der Waals surface area contributed by atoms with Gasteiger partial charge in [0, 0.05) is 37.3 Å². The number of pyridine rings is 1. The molecule has 0 unspecified atom stereocenters. The average Bonchev–Trinajstić information content (AvgIpc) is 3.08. The molecule has 0 fully saturated rings. The molecule has 0 radical (unpaired) electrons. The van der Waals surface area contributed by atoms with Gasteiger partial charge in [0.25, 0.3) is 0 Å². The van der Waals surface area contributed by atoms with Gasteiger partial charge in [-0.1, -0.05) is 18.2 Å². The number of amides is 1. The number of aliphatic imine (C=N–C) groups is 1. The van der Waals surface area contributed by atoms with Crippen molar-refractivity contribution in [1.29, 1.82) is 0 Å². The smallest absolute Gasteiger partial charge is 0.246 e. The number of para-hydroxylation sites is 1. The first-order valence-electron chi connectivity index (χ1n) is 10.6. The number of likely N-dealkylation sites (N-methyl/N-ethyl adjacent to an activating group) is 1. The second-order valence-corrected chi connectivity index (χ2v) is 8.45. The number of benzene rings is 1. The summed E-state index contributed by atoms with van der Waals surface area (Å²) in [6.45, 7) is 10.2. The van der Waals surface area contributed by atoms with Crippen molar-refractivity contribution in [2.45, 2.75) is 46.8 Å². The number of fused-ring (bicyclic) bond motifs is 1. The molecular weight excluding hydrogens is 402 g/mol. The molecule has 6 nitrogen and oxygen atoms in total. The normalized spacial score (nSPS) is 12.5. The minimum Gasteiger partial charge on any atom is -0.480 e. The highest BCUT2D eigenvalue weighted by atomic mass is 16.5. The quantitative estimate of drug-likeness (QED) is 0.371. The van der Waals surface area contributed by atoms with Gasteiger partial charge in [-0.25, -0.2) is 0 Å². The van der Waals surface area contributed by atoms with Crippen molar-refractivity contribution in [2.75, 3.05) is 14.1 Å². The Balaban J connectivity index is 1.72. The molecule has 0 bridgehead atoms. The van der Waals surface area contributed by atoms with E-state index in [1.165, 1.54) is 6.08 Å². The Labute approximate surface area is 189 Å². The first-order chi connectivity index (χ1) is 15.1. The van der Waals surface area contributed by atoms with Crippen molar-refractivity contribution in [3.05, 3.63) is 65.2 Å². The number of furan rings is 1. The summed E-state index contributed by atoms with van der Waals surface area (Å²) in [6, 6.07) is 9.78. The molecule has 0 saturated heterocycles. The van der Waals surface area contributed by atoms with Gasteiger partial charge in [-0.05, 0) is 58.4 Å². The van der Waals surface area contributed by atoms with Crippen LogP contribution in [0.4, 0.5) is 0 Å². The molecule has 6 heteroatoms. The van der Waals surface area contributed by atoms with E-state index in [0.717, 1.165) is 39.3 Å². The lowest BCUT2D eigenvalue weighted by Crippen LogP contribution is -2.36. The largest absolute Gasteiger partial charge is 0.480 e. The number of carbonyl (C=O) groups excluding carboxylic acids is 1. The van der Waals surface area contributed by atoms with E-state index in [1.54, 1.807) is 31.3 Å². The van der Waals surface area contributed by atoms with Crippen molar-refractivity contribution in [3.63, 3.8) is 0 Å². The Morgan fingerprint density at radius 1 is 1.28 bits per heavy atom. The zero-order valence-electron chi connectivity index (χ0n) is 19.9. The summed E-state index contributed by atoms with van der Waals surface area (Å²) in [5.74, 6) is 1.33. The molecule has 2 heterocycles. The highest BCUT2D eigenvalue weighted by molar-refractivity contribution is 5.92. The van der Waals surface area contributed by atoms with E-state index in [1.807, 2.05) is 65.0 Å². The standard InChI is InChI=1S/C26H31N3O3/c1-17-21-10-8-9-11-22(21)31-24(17)16-29(7)25(30)13-12-20-14-23(18(2)28-15-20)32-26(4,5)19(3)27-6/h8-15H,16H2,1-7H3/b13-12+,27-19?. The minimum absolute atomic E-state index is 0.123. The van der Waals surface area contributed by atoms with Crippen molar-refractivity contribution in [1.82, 2.24) is 9.88 Å². The molecule has 3 aromatic rings. The summed E-state index contributed by atoms with van der Waals surface area (Å²) in [5.41, 5.74) is 3.79. The fourth-order valence-electron chi connectivity index (χ4n) is 3.30. The summed E-state index contributed by atoms with van der Waals surface area (Å²) in [4.78, 5) is 23.0. The first kappa shape index (κ1) is 23.3. The van der Waals surface area contributed by atoms with E-state index < -0.39 is 5.60 Å². The third-order valence-corrected chi connectivity index (χ3v) is 5.75. The molecule has 0 aliphatic carbocycles. The molecule has 168 valence electrons. The monoisotopic (exact) mass is 433 g/mol. The van der Waals surface area contributed by atoms with E-state index in [0.29, 0.717) is 12.3 Å². The van der Waals surface area contributed by atoms with Crippen LogP contribution in [0.2, 0.25) is 0 Å². The maximum atomic E-state index is 12.7. The van der Waals surface area contributed by atoms with Crippen LogP contribution in [0.5, 0.6) is 5.75 Å². The zero-order chi connectivity index (χ0) is 23.5. The van der Waals surface area contributed by atoms with Crippen LogP contribution in [0.3, 0.4) is 0 Å². The summed E-state index contributed by atoms with van der Waals surface area (Å²) in [6.07, 6.45) is 5.01. The molecule has 0 atom stereocenters. The molecular formula is C26H31N3O3. The van der Waals surface area contributed by atoms with Gasteiger partial charge in [0.1, 0.15) is 22.7 Å². The number of carbonyl (C=O) groups is 1. The summed E-state index contributed by atoms with van der Waals surface area (Å²) >= 11 is 0. The van der Waals surface area contributed by atoms with Crippen LogP contribution < -0.4 is 4.74 Å². The maximum Gasteiger partial charge on any atom is 0.246 e. The van der Waals surface area contributed by atoms with Crippen LogP contribution >= 0.6 is 0 Å². The number of hydrogen-bond donors (Lipinski definition) is 0. The van der Waals surface area contributed by atoms with Gasteiger partial charge >= 0.3 is 0 Å². The van der Waals surface area contributed by atoms with Crippen molar-refractivity contribution in [2.24, 2.45) is 4.99 Å². The Bertz CT molecular complexity index is 1190. The fourth-order valence-corrected chi connectivity index (χ4v) is 3.30. The SMILES string of the molecule is CN=C(C)C(C)(C)Oc1cc(/C=C/C(=O)N(C)Cc2oc3ccccc3c2C)cnc1C. The van der Waals surface area contributed by atoms with Crippen molar-refractivity contribution < 1.29 is 13.9 Å². The molecule has 0 N–H and O–H groups in total. The maximum absolute atomic E-state index is 12.7. The van der Waals surface area contributed by atoms with Crippen LogP contribution in [0, 0.1) is 13.8 Å². The van der Waals surface area contributed by atoms with E-state index in [4.69, 9.17) is 9.15 Å². The number of aromatic nitrogens is 1. The molecule has 3 rings (SSSR count). The second-order valence-electron chi connectivity index (χ2n) is 8.45. The van der Waals surface area contributed by atoms with E-state index in [9.17, 15) is 4.79 Å². The predicted molar refractivity (Wildman–Crippen MR) is 129 cm³/mol. The third kappa shape index (κ3) is 5.07. The molecule has 1 aromatic carbocycles. The van der Waals surface area contributed by atoms with Gasteiger partial charge in [0.2, 0.25) is 5.91 Å².